The Kier molecular flexibility index (Phi) is 7.36. The Labute approximate surface area is 163 Å². The van der Waals surface area contributed by atoms with Gasteiger partial charge in [0.1, 0.15) is 8.07 Å². The Morgan fingerprint density at radius 3 is 2.23 bits per heavy atom. The van der Waals surface area contributed by atoms with E-state index in [1.165, 1.54) is 56.1 Å². The van der Waals surface area contributed by atoms with Crippen LogP contribution in [-0.4, -0.2) is 8.07 Å². The molecule has 0 heterocycles. The summed E-state index contributed by atoms with van der Waals surface area (Å²) in [5.74, 6) is 4.45. The van der Waals surface area contributed by atoms with E-state index < -0.39 is 8.07 Å². The van der Waals surface area contributed by atoms with Gasteiger partial charge in [-0.1, -0.05) is 89.0 Å². The fraction of sp³-hybridized carbons (Fsp3) is 0.600. The number of rotatable bonds is 4. The molecular formula is C25H38Si. The molecule has 1 saturated carbocycles. The molecule has 0 nitrogen and oxygen atoms in total. The third-order valence-corrected chi connectivity index (χ3v) is 11.0. The van der Waals surface area contributed by atoms with E-state index in [4.69, 9.17) is 0 Å². The lowest BCUT2D eigenvalue weighted by atomic mass is 9.79. The molecule has 0 spiro atoms. The lowest BCUT2D eigenvalue weighted by molar-refractivity contribution is 0.512. The fourth-order valence-corrected chi connectivity index (χ4v) is 4.27. The van der Waals surface area contributed by atoms with Crippen molar-refractivity contribution in [2.75, 3.05) is 0 Å². The molecule has 1 aliphatic carbocycles. The molecule has 2 rings (SSSR count). The molecule has 1 aromatic rings. The summed E-state index contributed by atoms with van der Waals surface area (Å²) in [6, 6.07) is 11.1. The molecule has 0 N–H and O–H groups in total. The smallest absolute Gasteiger partial charge is 0.126 e. The van der Waals surface area contributed by atoms with E-state index in [1.54, 1.807) is 5.57 Å². The molecule has 0 saturated heterocycles. The first-order chi connectivity index (χ1) is 12.2. The van der Waals surface area contributed by atoms with Gasteiger partial charge in [-0.15, -0.1) is 5.54 Å². The van der Waals surface area contributed by atoms with Gasteiger partial charge < -0.3 is 0 Å². The SMILES string of the molecule is CCCCC(C#C[Si](C)(C)C(C)(C)C)=C1CCC(c2ccccc2)CC1. The quantitative estimate of drug-likeness (QED) is 0.375. The molecule has 0 aliphatic heterocycles. The van der Waals surface area contributed by atoms with Gasteiger partial charge in [-0.2, -0.15) is 0 Å². The van der Waals surface area contributed by atoms with Crippen LogP contribution < -0.4 is 0 Å². The monoisotopic (exact) mass is 366 g/mol. The second kappa shape index (κ2) is 9.09. The molecule has 0 atom stereocenters. The maximum absolute atomic E-state index is 3.78. The van der Waals surface area contributed by atoms with Crippen molar-refractivity contribution in [3.05, 3.63) is 47.0 Å². The Bertz CT molecular complexity index is 652. The molecule has 26 heavy (non-hydrogen) atoms. The normalized spacial score (nSPS) is 18.2. The van der Waals surface area contributed by atoms with Crippen molar-refractivity contribution in [1.82, 2.24) is 0 Å². The number of allylic oxidation sites excluding steroid dienone is 2. The van der Waals surface area contributed by atoms with Gasteiger partial charge in [0.2, 0.25) is 0 Å². The zero-order chi connectivity index (χ0) is 19.2. The molecule has 0 bridgehead atoms. The summed E-state index contributed by atoms with van der Waals surface area (Å²) < 4.78 is 0. The topological polar surface area (TPSA) is 0 Å². The van der Waals surface area contributed by atoms with Crippen LogP contribution in [0.4, 0.5) is 0 Å². The summed E-state index contributed by atoms with van der Waals surface area (Å²) in [5.41, 5.74) is 8.45. The molecule has 1 aliphatic rings. The van der Waals surface area contributed by atoms with Crippen molar-refractivity contribution in [3.8, 4) is 11.5 Å². The number of hydrogen-bond donors (Lipinski definition) is 0. The predicted molar refractivity (Wildman–Crippen MR) is 119 cm³/mol. The molecule has 0 amide bonds. The lowest BCUT2D eigenvalue weighted by Crippen LogP contribution is -2.35. The summed E-state index contributed by atoms with van der Waals surface area (Å²) >= 11 is 0. The van der Waals surface area contributed by atoms with Gasteiger partial charge >= 0.3 is 0 Å². The van der Waals surface area contributed by atoms with Gasteiger partial charge in [-0.05, 0) is 55.0 Å². The lowest BCUT2D eigenvalue weighted by Gasteiger charge is -2.31. The van der Waals surface area contributed by atoms with Gasteiger partial charge in [0.15, 0.2) is 0 Å². The van der Waals surface area contributed by atoms with Crippen molar-refractivity contribution >= 4 is 8.07 Å². The number of unbranched alkanes of at least 4 members (excludes halogenated alkanes) is 1. The molecular weight excluding hydrogens is 328 g/mol. The van der Waals surface area contributed by atoms with E-state index >= 15 is 0 Å². The van der Waals surface area contributed by atoms with Crippen LogP contribution in [0.5, 0.6) is 0 Å². The summed E-state index contributed by atoms with van der Waals surface area (Å²) in [6.07, 6.45) is 8.77. The Balaban J connectivity index is 2.17. The highest BCUT2D eigenvalue weighted by Gasteiger charge is 2.33. The highest BCUT2D eigenvalue weighted by molar-refractivity contribution is 6.87. The van der Waals surface area contributed by atoms with Crippen molar-refractivity contribution in [3.63, 3.8) is 0 Å². The van der Waals surface area contributed by atoms with Gasteiger partial charge in [0.25, 0.3) is 0 Å². The van der Waals surface area contributed by atoms with Crippen LogP contribution in [0.2, 0.25) is 18.1 Å². The first-order valence-electron chi connectivity index (χ1n) is 10.5. The van der Waals surface area contributed by atoms with Crippen molar-refractivity contribution < 1.29 is 0 Å². The van der Waals surface area contributed by atoms with E-state index in [0.29, 0.717) is 5.04 Å². The number of benzene rings is 1. The minimum absolute atomic E-state index is 0.339. The molecule has 1 fully saturated rings. The van der Waals surface area contributed by atoms with Gasteiger partial charge in [-0.3, -0.25) is 0 Å². The third kappa shape index (κ3) is 5.62. The number of hydrogen-bond acceptors (Lipinski definition) is 0. The first kappa shape index (κ1) is 21.0. The van der Waals surface area contributed by atoms with Crippen LogP contribution in [0.15, 0.2) is 41.5 Å². The van der Waals surface area contributed by atoms with Crippen LogP contribution >= 0.6 is 0 Å². The standard InChI is InChI=1S/C25H38Si/c1-7-8-12-22(19-20-26(5,6)25(2,3)4)24-17-15-23(16-18-24)21-13-10-9-11-14-21/h9-11,13-14,23H,7-8,12,15-18H2,1-6H3. The summed E-state index contributed by atoms with van der Waals surface area (Å²) in [4.78, 5) is 0. The summed E-state index contributed by atoms with van der Waals surface area (Å²) in [6.45, 7) is 14.2. The second-order valence-corrected chi connectivity index (χ2v) is 14.5. The highest BCUT2D eigenvalue weighted by atomic mass is 28.3. The molecule has 1 aromatic carbocycles. The van der Waals surface area contributed by atoms with E-state index in [9.17, 15) is 0 Å². The minimum atomic E-state index is -1.53. The second-order valence-electron chi connectivity index (χ2n) is 9.50. The molecule has 142 valence electrons. The van der Waals surface area contributed by atoms with E-state index in [-0.39, 0.29) is 0 Å². The van der Waals surface area contributed by atoms with E-state index in [2.05, 4.69) is 82.6 Å². The van der Waals surface area contributed by atoms with Crippen molar-refractivity contribution in [1.29, 1.82) is 0 Å². The van der Waals surface area contributed by atoms with Gasteiger partial charge in [0, 0.05) is 5.57 Å². The molecule has 0 unspecified atom stereocenters. The average Bonchev–Trinajstić information content (AvgIpc) is 2.62. The minimum Gasteiger partial charge on any atom is -0.126 e. The van der Waals surface area contributed by atoms with Crippen LogP contribution in [0.1, 0.15) is 84.1 Å². The molecule has 0 aromatic heterocycles. The van der Waals surface area contributed by atoms with Crippen molar-refractivity contribution in [2.45, 2.75) is 96.7 Å². The predicted octanol–water partition coefficient (Wildman–Crippen LogP) is 7.88. The Morgan fingerprint density at radius 1 is 1.08 bits per heavy atom. The largest absolute Gasteiger partial charge is 0.138 e. The zero-order valence-corrected chi connectivity index (χ0v) is 18.9. The molecule has 1 heteroatoms. The van der Waals surface area contributed by atoms with Crippen LogP contribution in [0.25, 0.3) is 0 Å². The van der Waals surface area contributed by atoms with E-state index in [1.807, 2.05) is 0 Å². The molecule has 0 radical (unpaired) electrons. The van der Waals surface area contributed by atoms with Gasteiger partial charge in [-0.25, -0.2) is 0 Å². The average molecular weight is 367 g/mol. The maximum Gasteiger partial charge on any atom is 0.138 e. The van der Waals surface area contributed by atoms with E-state index in [0.717, 1.165) is 5.92 Å². The summed E-state index contributed by atoms with van der Waals surface area (Å²) in [5, 5.41) is 0.339. The van der Waals surface area contributed by atoms with Crippen LogP contribution in [0, 0.1) is 11.5 Å². The Hall–Kier alpha value is -1.26. The highest BCUT2D eigenvalue weighted by Crippen LogP contribution is 2.38. The fourth-order valence-electron chi connectivity index (χ4n) is 3.43. The summed E-state index contributed by atoms with van der Waals surface area (Å²) in [7, 11) is -1.53. The Morgan fingerprint density at radius 2 is 1.69 bits per heavy atom. The van der Waals surface area contributed by atoms with Crippen LogP contribution in [-0.2, 0) is 0 Å². The first-order valence-corrected chi connectivity index (χ1v) is 13.5. The van der Waals surface area contributed by atoms with Crippen molar-refractivity contribution in [2.24, 2.45) is 0 Å². The third-order valence-electron chi connectivity index (χ3n) is 6.47. The van der Waals surface area contributed by atoms with Gasteiger partial charge in [0.05, 0.1) is 0 Å². The maximum atomic E-state index is 3.78. The zero-order valence-electron chi connectivity index (χ0n) is 17.9. The van der Waals surface area contributed by atoms with Crippen LogP contribution in [0.3, 0.4) is 0 Å².